The van der Waals surface area contributed by atoms with Crippen LogP contribution >= 0.6 is 0 Å². The Kier molecular flexibility index (Phi) is 6.14. The number of aromatic nitrogens is 2. The lowest BCUT2D eigenvalue weighted by Crippen LogP contribution is -2.31. The fraction of sp³-hybridized carbons (Fsp3) is 0.238. The largest absolute Gasteiger partial charge is 0.345 e. The number of sulfonamides is 1. The molecule has 0 spiro atoms. The second-order valence-corrected chi connectivity index (χ2v) is 8.73. The molecule has 0 aliphatic rings. The van der Waals surface area contributed by atoms with Crippen molar-refractivity contribution >= 4 is 15.9 Å². The molecule has 29 heavy (non-hydrogen) atoms. The molecule has 3 rings (SSSR count). The molecule has 0 saturated heterocycles. The predicted octanol–water partition coefficient (Wildman–Crippen LogP) is 2.63. The number of carbonyl (C=O) groups excluding carboxylic acids is 1. The number of carbonyl (C=O) groups is 1. The van der Waals surface area contributed by atoms with Crippen molar-refractivity contribution in [1.82, 2.24) is 19.6 Å². The van der Waals surface area contributed by atoms with Crippen molar-refractivity contribution in [2.24, 2.45) is 7.05 Å². The van der Waals surface area contributed by atoms with Gasteiger partial charge in [0.15, 0.2) is 0 Å². The SMILES string of the molecule is CC(C)NS(=O)(=O)c1cc(C(=O)N[C@@H](c2ccccc2)c2ccccn2)n(C)c1. The van der Waals surface area contributed by atoms with Crippen molar-refractivity contribution in [3.63, 3.8) is 0 Å². The Hall–Kier alpha value is -2.97. The van der Waals surface area contributed by atoms with E-state index < -0.39 is 22.0 Å². The molecule has 2 aromatic heterocycles. The first kappa shape index (κ1) is 20.8. The van der Waals surface area contributed by atoms with Gasteiger partial charge in [0.25, 0.3) is 5.91 Å². The van der Waals surface area contributed by atoms with E-state index >= 15 is 0 Å². The number of nitrogens with zero attached hydrogens (tertiary/aromatic N) is 2. The van der Waals surface area contributed by atoms with E-state index in [1.807, 2.05) is 48.5 Å². The molecule has 3 aromatic rings. The van der Waals surface area contributed by atoms with Crippen LogP contribution in [0.3, 0.4) is 0 Å². The molecule has 152 valence electrons. The van der Waals surface area contributed by atoms with E-state index in [4.69, 9.17) is 0 Å². The van der Waals surface area contributed by atoms with Crippen LogP contribution in [0, 0.1) is 0 Å². The van der Waals surface area contributed by atoms with E-state index in [2.05, 4.69) is 15.0 Å². The molecule has 0 aliphatic carbocycles. The highest BCUT2D eigenvalue weighted by atomic mass is 32.2. The van der Waals surface area contributed by atoms with Gasteiger partial charge in [-0.1, -0.05) is 36.4 Å². The first-order chi connectivity index (χ1) is 13.8. The zero-order valence-corrected chi connectivity index (χ0v) is 17.3. The van der Waals surface area contributed by atoms with Gasteiger partial charge in [-0.15, -0.1) is 0 Å². The van der Waals surface area contributed by atoms with Gasteiger partial charge in [-0.3, -0.25) is 9.78 Å². The second-order valence-electron chi connectivity index (χ2n) is 7.02. The molecule has 0 saturated carbocycles. The number of amides is 1. The summed E-state index contributed by atoms with van der Waals surface area (Å²) >= 11 is 0. The lowest BCUT2D eigenvalue weighted by Gasteiger charge is -2.19. The normalized spacial score (nSPS) is 12.7. The molecule has 1 aromatic carbocycles. The lowest BCUT2D eigenvalue weighted by molar-refractivity contribution is 0.0934. The minimum Gasteiger partial charge on any atom is -0.345 e. The zero-order chi connectivity index (χ0) is 21.0. The number of pyridine rings is 1. The van der Waals surface area contributed by atoms with Crippen LogP contribution in [0.1, 0.15) is 41.6 Å². The average Bonchev–Trinajstić information content (AvgIpc) is 3.09. The molecule has 0 radical (unpaired) electrons. The Morgan fingerprint density at radius 2 is 1.76 bits per heavy atom. The highest BCUT2D eigenvalue weighted by Crippen LogP contribution is 2.21. The Bertz CT molecular complexity index is 1040. The van der Waals surface area contributed by atoms with Gasteiger partial charge in [0.1, 0.15) is 10.6 Å². The molecule has 2 heterocycles. The second kappa shape index (κ2) is 8.59. The number of benzene rings is 1. The Balaban J connectivity index is 1.91. The van der Waals surface area contributed by atoms with Crippen LogP contribution in [-0.4, -0.2) is 29.9 Å². The van der Waals surface area contributed by atoms with Gasteiger partial charge in [0, 0.05) is 25.5 Å². The maximum absolute atomic E-state index is 13.0. The van der Waals surface area contributed by atoms with Gasteiger partial charge in [-0.2, -0.15) is 0 Å². The smallest absolute Gasteiger partial charge is 0.268 e. The van der Waals surface area contributed by atoms with Crippen molar-refractivity contribution in [3.05, 3.63) is 83.9 Å². The molecule has 2 N–H and O–H groups in total. The topological polar surface area (TPSA) is 93.1 Å². The molecular formula is C21H24N4O3S. The predicted molar refractivity (Wildman–Crippen MR) is 111 cm³/mol. The quantitative estimate of drug-likeness (QED) is 0.624. The van der Waals surface area contributed by atoms with Crippen LogP contribution in [0.25, 0.3) is 0 Å². The summed E-state index contributed by atoms with van der Waals surface area (Å²) in [4.78, 5) is 17.4. The molecule has 0 bridgehead atoms. The van der Waals surface area contributed by atoms with Crippen LogP contribution < -0.4 is 10.0 Å². The molecule has 0 fully saturated rings. The van der Waals surface area contributed by atoms with Gasteiger partial charge >= 0.3 is 0 Å². The third-order valence-corrected chi connectivity index (χ3v) is 5.93. The number of aryl methyl sites for hydroxylation is 1. The van der Waals surface area contributed by atoms with Crippen molar-refractivity contribution in [3.8, 4) is 0 Å². The molecule has 1 atom stereocenters. The van der Waals surface area contributed by atoms with Crippen LogP contribution in [-0.2, 0) is 17.1 Å². The molecule has 8 heteroatoms. The fourth-order valence-corrected chi connectivity index (χ4v) is 4.33. The third-order valence-electron chi connectivity index (χ3n) is 4.31. The third kappa shape index (κ3) is 4.90. The fourth-order valence-electron chi connectivity index (χ4n) is 3.01. The molecule has 0 unspecified atom stereocenters. The molecular weight excluding hydrogens is 388 g/mol. The zero-order valence-electron chi connectivity index (χ0n) is 16.5. The summed E-state index contributed by atoms with van der Waals surface area (Å²) in [5.74, 6) is -0.391. The standard InChI is InChI=1S/C21H24N4O3S/c1-15(2)24-29(27,28)17-13-19(25(3)14-17)21(26)23-20(16-9-5-4-6-10-16)18-11-7-8-12-22-18/h4-15,20,24H,1-3H3,(H,23,26)/t20-/m0/s1. The summed E-state index contributed by atoms with van der Waals surface area (Å²) in [5, 5.41) is 2.97. The summed E-state index contributed by atoms with van der Waals surface area (Å²) in [6, 6.07) is 15.7. The van der Waals surface area contributed by atoms with Crippen molar-refractivity contribution in [2.45, 2.75) is 30.8 Å². The van der Waals surface area contributed by atoms with Crippen LogP contribution in [0.5, 0.6) is 0 Å². The van der Waals surface area contributed by atoms with E-state index in [0.29, 0.717) is 5.69 Å². The van der Waals surface area contributed by atoms with Crippen molar-refractivity contribution < 1.29 is 13.2 Å². The molecule has 1 amide bonds. The van der Waals surface area contributed by atoms with Crippen LogP contribution in [0.2, 0.25) is 0 Å². The summed E-state index contributed by atoms with van der Waals surface area (Å²) in [5.41, 5.74) is 1.81. The lowest BCUT2D eigenvalue weighted by atomic mass is 10.0. The monoisotopic (exact) mass is 412 g/mol. The highest BCUT2D eigenvalue weighted by Gasteiger charge is 2.24. The average molecular weight is 413 g/mol. The number of hydrogen-bond donors (Lipinski definition) is 2. The van der Waals surface area contributed by atoms with Crippen LogP contribution in [0.4, 0.5) is 0 Å². The van der Waals surface area contributed by atoms with Gasteiger partial charge < -0.3 is 9.88 Å². The van der Waals surface area contributed by atoms with Gasteiger partial charge in [-0.25, -0.2) is 13.1 Å². The molecule has 0 aliphatic heterocycles. The van der Waals surface area contributed by atoms with Gasteiger partial charge in [0.05, 0.1) is 11.7 Å². The summed E-state index contributed by atoms with van der Waals surface area (Å²) in [6.07, 6.45) is 3.10. The Morgan fingerprint density at radius 3 is 2.38 bits per heavy atom. The summed E-state index contributed by atoms with van der Waals surface area (Å²) < 4.78 is 28.9. The minimum atomic E-state index is -3.69. The highest BCUT2D eigenvalue weighted by molar-refractivity contribution is 7.89. The van der Waals surface area contributed by atoms with Gasteiger partial charge in [-0.05, 0) is 37.6 Å². The Labute approximate surface area is 170 Å². The van der Waals surface area contributed by atoms with E-state index in [9.17, 15) is 13.2 Å². The number of hydrogen-bond acceptors (Lipinski definition) is 4. The first-order valence-corrected chi connectivity index (χ1v) is 10.7. The van der Waals surface area contributed by atoms with Crippen molar-refractivity contribution in [1.29, 1.82) is 0 Å². The first-order valence-electron chi connectivity index (χ1n) is 9.23. The number of rotatable bonds is 7. The number of nitrogens with one attached hydrogen (secondary N) is 2. The van der Waals surface area contributed by atoms with E-state index in [-0.39, 0.29) is 16.6 Å². The molecule has 7 nitrogen and oxygen atoms in total. The summed E-state index contributed by atoms with van der Waals surface area (Å²) in [7, 11) is -2.05. The van der Waals surface area contributed by atoms with E-state index in [1.54, 1.807) is 27.1 Å². The van der Waals surface area contributed by atoms with Crippen molar-refractivity contribution in [2.75, 3.05) is 0 Å². The van der Waals surface area contributed by atoms with E-state index in [0.717, 1.165) is 5.56 Å². The maximum Gasteiger partial charge on any atom is 0.268 e. The maximum atomic E-state index is 13.0. The van der Waals surface area contributed by atoms with Gasteiger partial charge in [0.2, 0.25) is 10.0 Å². The Morgan fingerprint density at radius 1 is 1.07 bits per heavy atom. The van der Waals surface area contributed by atoms with E-state index in [1.165, 1.54) is 16.8 Å². The summed E-state index contributed by atoms with van der Waals surface area (Å²) in [6.45, 7) is 3.48. The van der Waals surface area contributed by atoms with Crippen LogP contribution in [0.15, 0.2) is 71.9 Å². The minimum absolute atomic E-state index is 0.0490.